The summed E-state index contributed by atoms with van der Waals surface area (Å²) in [6.45, 7) is 0. The summed E-state index contributed by atoms with van der Waals surface area (Å²) >= 11 is 2.20. The van der Waals surface area contributed by atoms with Crippen LogP contribution in [0.15, 0.2) is 36.4 Å². The molecule has 0 radical (unpaired) electrons. The quantitative estimate of drug-likeness (QED) is 0.582. The summed E-state index contributed by atoms with van der Waals surface area (Å²) < 4.78 is 7.14. The molecule has 2 aromatic rings. The molecule has 2 aliphatic rings. The van der Waals surface area contributed by atoms with E-state index in [-0.39, 0.29) is 17.8 Å². The minimum atomic E-state index is -0.0641. The molecular weight excluding hydrogens is 395 g/mol. The second kappa shape index (κ2) is 4.77. The first-order valence-corrected chi connectivity index (χ1v) is 7.86. The molecule has 2 heterocycles. The number of carbonyl (C=O) groups excluding carboxylic acids is 1. The smallest absolute Gasteiger partial charge is 0.262 e. The fourth-order valence-electron chi connectivity index (χ4n) is 3.15. The predicted molar refractivity (Wildman–Crippen MR) is 91.9 cm³/mol. The van der Waals surface area contributed by atoms with Crippen molar-refractivity contribution in [2.24, 2.45) is 0 Å². The van der Waals surface area contributed by atoms with Crippen molar-refractivity contribution in [1.29, 1.82) is 0 Å². The maximum absolute atomic E-state index is 12.9. The van der Waals surface area contributed by atoms with Crippen LogP contribution >= 0.6 is 22.9 Å². The van der Waals surface area contributed by atoms with E-state index in [0.717, 1.165) is 23.4 Å². The van der Waals surface area contributed by atoms with Crippen LogP contribution in [0.3, 0.4) is 0 Å². The Morgan fingerprint density at radius 3 is 2.82 bits per heavy atom. The van der Waals surface area contributed by atoms with Crippen LogP contribution in [-0.2, 0) is 6.42 Å². The molecule has 2 aromatic carbocycles. The molecule has 1 N–H and O–H groups in total. The molecule has 1 unspecified atom stereocenters. The van der Waals surface area contributed by atoms with Crippen molar-refractivity contribution in [2.75, 3.05) is 15.1 Å². The number of ether oxygens (including phenoxy) is 1. The van der Waals surface area contributed by atoms with Crippen LogP contribution < -0.4 is 12.8 Å². The molecule has 5 nitrogen and oxygen atoms in total. The van der Waals surface area contributed by atoms with Gasteiger partial charge in [0.1, 0.15) is 6.17 Å². The summed E-state index contributed by atoms with van der Waals surface area (Å²) in [5.41, 5.74) is 3.37. The highest BCUT2D eigenvalue weighted by Crippen LogP contribution is 2.46. The van der Waals surface area contributed by atoms with E-state index in [0.29, 0.717) is 11.3 Å². The zero-order valence-corrected chi connectivity index (χ0v) is 13.9. The van der Waals surface area contributed by atoms with Crippen LogP contribution in [0.4, 0.5) is 11.4 Å². The first-order valence-electron chi connectivity index (χ1n) is 6.89. The van der Waals surface area contributed by atoms with Gasteiger partial charge < -0.3 is 9.84 Å². The van der Waals surface area contributed by atoms with Crippen LogP contribution in [0.1, 0.15) is 15.9 Å². The van der Waals surface area contributed by atoms with Gasteiger partial charge in [-0.2, -0.15) is 0 Å². The number of amides is 1. The van der Waals surface area contributed by atoms with Crippen LogP contribution in [0.2, 0.25) is 0 Å². The molecule has 6 heteroatoms. The summed E-state index contributed by atoms with van der Waals surface area (Å²) in [4.78, 5) is 14.8. The normalized spacial score (nSPS) is 18.8. The van der Waals surface area contributed by atoms with E-state index in [1.807, 2.05) is 32.3 Å². The number of anilines is 2. The number of para-hydroxylation sites is 1. The van der Waals surface area contributed by atoms with E-state index in [2.05, 4.69) is 22.9 Å². The summed E-state index contributed by atoms with van der Waals surface area (Å²) in [6.07, 6.45) is 0.711. The Labute approximate surface area is 141 Å². The Hall–Kier alpha value is -1.96. The predicted octanol–water partition coefficient (Wildman–Crippen LogP) is 3.10. The SMILES string of the molecule is COc1cc2c(cc1O)N(I)C1Cc3ccccc3N1C2=O. The Balaban J connectivity index is 1.90. The lowest BCUT2D eigenvalue weighted by molar-refractivity contribution is 0.0976. The highest BCUT2D eigenvalue weighted by Gasteiger charge is 2.43. The number of nitrogens with zero attached hydrogens (tertiary/aromatic N) is 2. The summed E-state index contributed by atoms with van der Waals surface area (Å²) in [6, 6.07) is 11.2. The molecule has 1 amide bonds. The third kappa shape index (κ3) is 1.73. The first-order chi connectivity index (χ1) is 10.6. The van der Waals surface area contributed by atoms with Gasteiger partial charge in [0.05, 0.1) is 41.2 Å². The molecular formula is C16H13IN2O3. The Kier molecular flexibility index (Phi) is 2.97. The Morgan fingerprint density at radius 1 is 1.27 bits per heavy atom. The Morgan fingerprint density at radius 2 is 2.05 bits per heavy atom. The number of hydrogen-bond acceptors (Lipinski definition) is 4. The van der Waals surface area contributed by atoms with Crippen molar-refractivity contribution < 1.29 is 14.6 Å². The maximum Gasteiger partial charge on any atom is 0.262 e. The van der Waals surface area contributed by atoms with Crippen LogP contribution in [0.25, 0.3) is 0 Å². The van der Waals surface area contributed by atoms with Crippen molar-refractivity contribution >= 4 is 40.1 Å². The molecule has 2 aliphatic heterocycles. The summed E-state index contributed by atoms with van der Waals surface area (Å²) in [7, 11) is 1.48. The van der Waals surface area contributed by atoms with Gasteiger partial charge in [0, 0.05) is 18.2 Å². The van der Waals surface area contributed by atoms with E-state index in [9.17, 15) is 9.90 Å². The van der Waals surface area contributed by atoms with Crippen molar-refractivity contribution in [1.82, 2.24) is 0 Å². The minimum absolute atomic E-state index is 0.0414. The largest absolute Gasteiger partial charge is 0.504 e. The van der Waals surface area contributed by atoms with Gasteiger partial charge in [-0.15, -0.1) is 0 Å². The second-order valence-corrected chi connectivity index (χ2v) is 6.38. The number of aromatic hydroxyl groups is 1. The van der Waals surface area contributed by atoms with Gasteiger partial charge in [0.25, 0.3) is 5.91 Å². The number of rotatable bonds is 1. The van der Waals surface area contributed by atoms with Crippen LogP contribution in [0, 0.1) is 0 Å². The van der Waals surface area contributed by atoms with Gasteiger partial charge in [-0.1, -0.05) is 18.2 Å². The average Bonchev–Trinajstić information content (AvgIpc) is 2.92. The third-order valence-corrected chi connectivity index (χ3v) is 5.35. The van der Waals surface area contributed by atoms with E-state index in [4.69, 9.17) is 4.74 Å². The minimum Gasteiger partial charge on any atom is -0.504 e. The fourth-order valence-corrected chi connectivity index (χ4v) is 4.00. The number of halogens is 1. The van der Waals surface area contributed by atoms with Gasteiger partial charge in [-0.05, 0) is 17.7 Å². The van der Waals surface area contributed by atoms with Gasteiger partial charge in [-0.25, -0.2) is 0 Å². The number of benzene rings is 2. The molecule has 0 bridgehead atoms. The maximum atomic E-state index is 12.9. The fraction of sp³-hybridized carbons (Fsp3) is 0.188. The lowest BCUT2D eigenvalue weighted by atomic mass is 10.1. The van der Waals surface area contributed by atoms with Gasteiger partial charge in [0.15, 0.2) is 11.5 Å². The first kappa shape index (κ1) is 13.7. The molecule has 0 spiro atoms. The number of carbonyl (C=O) groups is 1. The monoisotopic (exact) mass is 408 g/mol. The molecule has 22 heavy (non-hydrogen) atoms. The van der Waals surface area contributed by atoms with Crippen molar-refractivity contribution in [3.63, 3.8) is 0 Å². The van der Waals surface area contributed by atoms with Crippen molar-refractivity contribution in [3.05, 3.63) is 47.5 Å². The Bertz CT molecular complexity index is 793. The molecule has 0 aliphatic carbocycles. The number of fused-ring (bicyclic) bond motifs is 4. The van der Waals surface area contributed by atoms with Gasteiger partial charge in [-0.3, -0.25) is 12.8 Å². The third-order valence-electron chi connectivity index (χ3n) is 4.19. The number of hydrogen-bond donors (Lipinski definition) is 1. The van der Waals surface area contributed by atoms with Crippen LogP contribution in [0.5, 0.6) is 11.5 Å². The van der Waals surface area contributed by atoms with Crippen molar-refractivity contribution in [3.8, 4) is 11.5 Å². The lowest BCUT2D eigenvalue weighted by Gasteiger charge is -2.38. The van der Waals surface area contributed by atoms with E-state index in [1.165, 1.54) is 7.11 Å². The second-order valence-electron chi connectivity index (χ2n) is 5.34. The van der Waals surface area contributed by atoms with E-state index < -0.39 is 0 Å². The molecule has 0 saturated carbocycles. The zero-order valence-electron chi connectivity index (χ0n) is 11.8. The molecule has 0 saturated heterocycles. The number of phenols is 1. The van der Waals surface area contributed by atoms with Gasteiger partial charge in [0.2, 0.25) is 0 Å². The zero-order chi connectivity index (χ0) is 15.4. The number of phenolic OH excluding ortho intramolecular Hbond substituents is 1. The van der Waals surface area contributed by atoms with Gasteiger partial charge >= 0.3 is 0 Å². The highest BCUT2D eigenvalue weighted by molar-refractivity contribution is 14.1. The standard InChI is InChI=1S/C16H13IN2O3/c1-22-14-7-10-12(8-13(14)20)19(17)15-6-9-4-2-3-5-11(9)18(15)16(10)21/h2-5,7-8,15,20H,6H2,1H3. The molecule has 112 valence electrons. The summed E-state index contributed by atoms with van der Waals surface area (Å²) in [5, 5.41) is 10.0. The number of methoxy groups -OCH3 is 1. The topological polar surface area (TPSA) is 53.0 Å². The lowest BCUT2D eigenvalue weighted by Crippen LogP contribution is -2.50. The highest BCUT2D eigenvalue weighted by atomic mass is 127. The van der Waals surface area contributed by atoms with E-state index >= 15 is 0 Å². The van der Waals surface area contributed by atoms with Crippen molar-refractivity contribution in [2.45, 2.75) is 12.6 Å². The average molecular weight is 408 g/mol. The molecule has 0 fully saturated rings. The van der Waals surface area contributed by atoms with Crippen LogP contribution in [-0.4, -0.2) is 24.3 Å². The molecule has 0 aromatic heterocycles. The summed E-state index contributed by atoms with van der Waals surface area (Å²) in [5.74, 6) is 0.290. The molecule has 4 rings (SSSR count). The molecule has 1 atom stereocenters. The van der Waals surface area contributed by atoms with E-state index in [1.54, 1.807) is 12.1 Å².